The molecule has 118 valence electrons. The number of carboxylic acid groups (broad SMARTS) is 1. The fourth-order valence-corrected chi connectivity index (χ4v) is 1.84. The second kappa shape index (κ2) is 6.10. The lowest BCUT2D eigenvalue weighted by molar-refractivity contribution is -0.183. The van der Waals surface area contributed by atoms with Gasteiger partial charge in [0.05, 0.1) is 0 Å². The van der Waals surface area contributed by atoms with E-state index in [4.69, 9.17) is 11.5 Å². The van der Waals surface area contributed by atoms with Gasteiger partial charge < -0.3 is 5.11 Å². The highest BCUT2D eigenvalue weighted by atomic mass is 19.4. The lowest BCUT2D eigenvalue weighted by Gasteiger charge is -2.30. The zero-order valence-corrected chi connectivity index (χ0v) is 11.9. The maximum atomic E-state index is 13.2. The van der Waals surface area contributed by atoms with Crippen molar-refractivity contribution < 1.29 is 27.9 Å². The summed E-state index contributed by atoms with van der Waals surface area (Å²) in [4.78, 5) is 23.5. The Bertz CT molecular complexity index is 611. The van der Waals surface area contributed by atoms with Crippen LogP contribution < -0.4 is 0 Å². The third-order valence-corrected chi connectivity index (χ3v) is 3.24. The number of hydrogen-bond donors (Lipinski definition) is 1. The molecule has 0 aliphatic heterocycles. The molecule has 1 rings (SSSR count). The molecule has 0 saturated heterocycles. The average molecular weight is 313 g/mol. The Morgan fingerprint density at radius 1 is 1.41 bits per heavy atom. The first-order valence-electron chi connectivity index (χ1n) is 6.21. The first-order chi connectivity index (χ1) is 10.0. The molecule has 0 aromatic carbocycles. The van der Waals surface area contributed by atoms with E-state index in [1.54, 1.807) is 5.92 Å². The predicted octanol–water partition coefficient (Wildman–Crippen LogP) is 2.50. The quantitative estimate of drug-likeness (QED) is 0.815. The number of halogens is 3. The van der Waals surface area contributed by atoms with Crippen LogP contribution in [0.25, 0.3) is 0 Å². The van der Waals surface area contributed by atoms with Crippen LogP contribution in [-0.4, -0.2) is 34.1 Å². The smallest absolute Gasteiger partial charge is 0.401 e. The van der Waals surface area contributed by atoms with Gasteiger partial charge in [0, 0.05) is 5.70 Å². The standard InChI is InChI=1S/C15H14F3NO3/c1-4-12(20)19(10(2)13(21)22)11-7-5-6-8-14(3,9-11)15(16,17)18/h1,5-10H,2-3H3,(H,21,22). The van der Waals surface area contributed by atoms with E-state index in [2.05, 4.69) is 0 Å². The highest BCUT2D eigenvalue weighted by Gasteiger charge is 2.48. The number of aliphatic carboxylic acids is 1. The van der Waals surface area contributed by atoms with Gasteiger partial charge in [-0.1, -0.05) is 18.2 Å². The van der Waals surface area contributed by atoms with Crippen molar-refractivity contribution in [3.8, 4) is 12.3 Å². The minimum absolute atomic E-state index is 0.220. The summed E-state index contributed by atoms with van der Waals surface area (Å²) in [6.45, 7) is 2.08. The van der Waals surface area contributed by atoms with Gasteiger partial charge >= 0.3 is 18.1 Å². The zero-order chi connectivity index (χ0) is 17.1. The van der Waals surface area contributed by atoms with Crippen LogP contribution in [0.1, 0.15) is 13.8 Å². The Balaban J connectivity index is 3.44. The monoisotopic (exact) mass is 313 g/mol. The lowest BCUT2D eigenvalue weighted by Crippen LogP contribution is -2.42. The van der Waals surface area contributed by atoms with Crippen LogP contribution in [0.5, 0.6) is 0 Å². The van der Waals surface area contributed by atoms with Gasteiger partial charge in [0.1, 0.15) is 11.5 Å². The maximum Gasteiger partial charge on any atom is 0.401 e. The van der Waals surface area contributed by atoms with E-state index in [0.717, 1.165) is 26.0 Å². The van der Waals surface area contributed by atoms with Crippen molar-refractivity contribution in [1.29, 1.82) is 0 Å². The number of carbonyl (C=O) groups excluding carboxylic acids is 1. The molecule has 22 heavy (non-hydrogen) atoms. The molecular weight excluding hydrogens is 299 g/mol. The molecule has 1 aliphatic carbocycles. The van der Waals surface area contributed by atoms with Crippen molar-refractivity contribution in [3.05, 3.63) is 36.1 Å². The molecule has 1 N–H and O–H groups in total. The largest absolute Gasteiger partial charge is 0.480 e. The van der Waals surface area contributed by atoms with Crippen molar-refractivity contribution in [1.82, 2.24) is 4.90 Å². The van der Waals surface area contributed by atoms with Crippen LogP contribution in [0.3, 0.4) is 0 Å². The molecule has 0 aromatic rings. The first-order valence-corrected chi connectivity index (χ1v) is 6.21. The van der Waals surface area contributed by atoms with Crippen molar-refractivity contribution in [2.45, 2.75) is 26.1 Å². The van der Waals surface area contributed by atoms with Gasteiger partial charge in [0.25, 0.3) is 0 Å². The Labute approximate surface area is 125 Å². The average Bonchev–Trinajstić information content (AvgIpc) is 2.61. The Morgan fingerprint density at radius 3 is 2.45 bits per heavy atom. The SMILES string of the molecule is C#CC(=O)N(C1=CC(C)(C(F)(F)F)C=CC=C1)C(C)C(=O)O. The molecule has 7 heteroatoms. The Hall–Kier alpha value is -2.49. The van der Waals surface area contributed by atoms with Gasteiger partial charge in [-0.2, -0.15) is 13.2 Å². The number of terminal acetylenes is 1. The molecular formula is C15H14F3NO3. The molecule has 0 saturated carbocycles. The van der Waals surface area contributed by atoms with E-state index in [-0.39, 0.29) is 5.70 Å². The van der Waals surface area contributed by atoms with Gasteiger partial charge in [-0.25, -0.2) is 4.79 Å². The number of amides is 1. The Morgan fingerprint density at radius 2 is 2.00 bits per heavy atom. The highest BCUT2D eigenvalue weighted by Crippen LogP contribution is 2.42. The van der Waals surface area contributed by atoms with E-state index >= 15 is 0 Å². The van der Waals surface area contributed by atoms with E-state index in [1.807, 2.05) is 0 Å². The normalized spacial score (nSPS) is 22.3. The molecule has 2 unspecified atom stereocenters. The van der Waals surface area contributed by atoms with Crippen molar-refractivity contribution in [3.63, 3.8) is 0 Å². The minimum Gasteiger partial charge on any atom is -0.480 e. The highest BCUT2D eigenvalue weighted by molar-refractivity contribution is 5.97. The fourth-order valence-electron chi connectivity index (χ4n) is 1.84. The second-order valence-corrected chi connectivity index (χ2v) is 4.90. The van der Waals surface area contributed by atoms with Crippen LogP contribution in [0.15, 0.2) is 36.1 Å². The van der Waals surface area contributed by atoms with E-state index in [0.29, 0.717) is 4.90 Å². The third-order valence-electron chi connectivity index (χ3n) is 3.24. The summed E-state index contributed by atoms with van der Waals surface area (Å²) in [6.07, 6.45) is 5.75. The lowest BCUT2D eigenvalue weighted by atomic mass is 9.88. The van der Waals surface area contributed by atoms with Gasteiger partial charge in [-0.3, -0.25) is 9.69 Å². The summed E-state index contributed by atoms with van der Waals surface area (Å²) >= 11 is 0. The number of carbonyl (C=O) groups is 2. The summed E-state index contributed by atoms with van der Waals surface area (Å²) in [5.74, 6) is -0.684. The Kier molecular flexibility index (Phi) is 4.87. The van der Waals surface area contributed by atoms with Gasteiger partial charge in [0.2, 0.25) is 0 Å². The molecule has 0 spiro atoms. The van der Waals surface area contributed by atoms with Gasteiger partial charge in [0.15, 0.2) is 0 Å². The molecule has 1 amide bonds. The number of hydrogen-bond acceptors (Lipinski definition) is 2. The van der Waals surface area contributed by atoms with Gasteiger partial charge in [-0.05, 0) is 31.9 Å². The zero-order valence-electron chi connectivity index (χ0n) is 11.9. The molecule has 0 heterocycles. The van der Waals surface area contributed by atoms with E-state index in [9.17, 15) is 22.8 Å². The predicted molar refractivity (Wildman–Crippen MR) is 73.3 cm³/mol. The molecule has 0 fully saturated rings. The first kappa shape index (κ1) is 17.6. The molecule has 1 aliphatic rings. The molecule has 0 radical (unpaired) electrons. The van der Waals surface area contributed by atoms with Gasteiger partial charge in [-0.15, -0.1) is 6.42 Å². The number of nitrogens with zero attached hydrogens (tertiary/aromatic N) is 1. The molecule has 0 aromatic heterocycles. The maximum absolute atomic E-state index is 13.2. The molecule has 4 nitrogen and oxygen atoms in total. The van der Waals surface area contributed by atoms with Crippen LogP contribution in [0, 0.1) is 17.8 Å². The van der Waals surface area contributed by atoms with Crippen LogP contribution >= 0.6 is 0 Å². The number of carboxylic acids is 1. The number of allylic oxidation sites excluding steroid dienone is 5. The van der Waals surface area contributed by atoms with Crippen LogP contribution in [0.2, 0.25) is 0 Å². The summed E-state index contributed by atoms with van der Waals surface area (Å²) in [6, 6.07) is -1.41. The summed E-state index contributed by atoms with van der Waals surface area (Å²) < 4.78 is 39.6. The third kappa shape index (κ3) is 3.39. The number of alkyl halides is 3. The fraction of sp³-hybridized carbons (Fsp3) is 0.333. The van der Waals surface area contributed by atoms with Crippen LogP contribution in [-0.2, 0) is 9.59 Å². The summed E-state index contributed by atoms with van der Waals surface area (Å²) in [5.41, 5.74) is -2.57. The second-order valence-electron chi connectivity index (χ2n) is 4.90. The van der Waals surface area contributed by atoms with E-state index < -0.39 is 29.5 Å². The van der Waals surface area contributed by atoms with Crippen LogP contribution in [0.4, 0.5) is 13.2 Å². The topological polar surface area (TPSA) is 57.6 Å². The van der Waals surface area contributed by atoms with E-state index in [1.165, 1.54) is 18.2 Å². The molecule has 0 bridgehead atoms. The minimum atomic E-state index is -4.61. The van der Waals surface area contributed by atoms with Crippen molar-refractivity contribution >= 4 is 11.9 Å². The van der Waals surface area contributed by atoms with Crippen molar-refractivity contribution in [2.24, 2.45) is 5.41 Å². The molecule has 2 atom stereocenters. The van der Waals surface area contributed by atoms with Crippen molar-refractivity contribution in [2.75, 3.05) is 0 Å². The summed E-state index contributed by atoms with van der Waals surface area (Å²) in [7, 11) is 0. The summed E-state index contributed by atoms with van der Waals surface area (Å²) in [5, 5.41) is 9.04. The number of rotatable bonds is 3.